The molecule has 26 heavy (non-hydrogen) atoms. The SMILES string of the molecule is CN(CC(=O)N1CCCC1C(=O)NCC(F)(F)F)S(=O)(=O)c1cccs1. The third-order valence-electron chi connectivity index (χ3n) is 3.86. The van der Waals surface area contributed by atoms with Gasteiger partial charge in [-0.15, -0.1) is 11.3 Å². The number of likely N-dealkylation sites (tertiary alicyclic amines) is 1. The molecule has 0 spiro atoms. The Morgan fingerprint density at radius 3 is 2.69 bits per heavy atom. The molecular weight excluding hydrogens is 395 g/mol. The normalized spacial score (nSPS) is 18.3. The summed E-state index contributed by atoms with van der Waals surface area (Å²) in [4.78, 5) is 25.5. The molecule has 2 heterocycles. The van der Waals surface area contributed by atoms with Gasteiger partial charge in [-0.3, -0.25) is 9.59 Å². The topological polar surface area (TPSA) is 86.8 Å². The molecule has 0 aromatic carbocycles. The molecular formula is C14H18F3N3O4S2. The van der Waals surface area contributed by atoms with Crippen molar-refractivity contribution >= 4 is 33.2 Å². The zero-order valence-electron chi connectivity index (χ0n) is 13.8. The number of carbonyl (C=O) groups is 2. The van der Waals surface area contributed by atoms with E-state index in [9.17, 15) is 31.2 Å². The fraction of sp³-hybridized carbons (Fsp3) is 0.571. The average molecular weight is 413 g/mol. The Labute approximate surface area is 152 Å². The number of nitrogens with one attached hydrogen (secondary N) is 1. The summed E-state index contributed by atoms with van der Waals surface area (Å²) in [7, 11) is -2.59. The molecule has 146 valence electrons. The van der Waals surface area contributed by atoms with Crippen LogP contribution in [0.3, 0.4) is 0 Å². The Morgan fingerprint density at radius 2 is 2.12 bits per heavy atom. The van der Waals surface area contributed by atoms with Crippen LogP contribution in [0.25, 0.3) is 0 Å². The molecule has 1 unspecified atom stereocenters. The number of carbonyl (C=O) groups excluding carboxylic acids is 2. The molecule has 1 saturated heterocycles. The molecule has 2 amide bonds. The molecule has 1 N–H and O–H groups in total. The number of rotatable bonds is 6. The number of halogens is 3. The molecule has 2 rings (SSSR count). The van der Waals surface area contributed by atoms with Crippen molar-refractivity contribution in [2.45, 2.75) is 29.3 Å². The van der Waals surface area contributed by atoms with Crippen molar-refractivity contribution in [2.75, 3.05) is 26.7 Å². The zero-order chi connectivity index (χ0) is 19.5. The van der Waals surface area contributed by atoms with Gasteiger partial charge in [0.05, 0.1) is 6.54 Å². The molecule has 0 aliphatic carbocycles. The molecule has 1 aliphatic rings. The van der Waals surface area contributed by atoms with Crippen LogP contribution in [0.5, 0.6) is 0 Å². The summed E-state index contributed by atoms with van der Waals surface area (Å²) in [5.74, 6) is -1.52. The monoisotopic (exact) mass is 413 g/mol. The first-order valence-corrected chi connectivity index (χ1v) is 9.98. The van der Waals surface area contributed by atoms with Crippen LogP contribution >= 0.6 is 11.3 Å². The van der Waals surface area contributed by atoms with Crippen molar-refractivity contribution < 1.29 is 31.2 Å². The quantitative estimate of drug-likeness (QED) is 0.755. The fourth-order valence-electron chi connectivity index (χ4n) is 2.57. The second kappa shape index (κ2) is 7.92. The van der Waals surface area contributed by atoms with Crippen molar-refractivity contribution in [1.29, 1.82) is 0 Å². The van der Waals surface area contributed by atoms with Crippen LogP contribution in [0, 0.1) is 0 Å². The summed E-state index contributed by atoms with van der Waals surface area (Å²) < 4.78 is 62.3. The van der Waals surface area contributed by atoms with Crippen molar-refractivity contribution in [3.8, 4) is 0 Å². The van der Waals surface area contributed by atoms with Crippen LogP contribution in [0.15, 0.2) is 21.7 Å². The Bertz CT molecular complexity index is 750. The van der Waals surface area contributed by atoms with Crippen LogP contribution in [0.2, 0.25) is 0 Å². The summed E-state index contributed by atoms with van der Waals surface area (Å²) in [6, 6.07) is 1.95. The second-order valence-electron chi connectivity index (χ2n) is 5.77. The van der Waals surface area contributed by atoms with Crippen molar-refractivity contribution in [3.63, 3.8) is 0 Å². The van der Waals surface area contributed by atoms with E-state index in [0.717, 1.165) is 20.5 Å². The third-order valence-corrected chi connectivity index (χ3v) is 7.03. The number of nitrogens with zero attached hydrogens (tertiary/aromatic N) is 2. The lowest BCUT2D eigenvalue weighted by Gasteiger charge is -2.26. The number of alkyl halides is 3. The maximum Gasteiger partial charge on any atom is 0.405 e. The lowest BCUT2D eigenvalue weighted by atomic mass is 10.2. The highest BCUT2D eigenvalue weighted by Gasteiger charge is 2.37. The van der Waals surface area contributed by atoms with E-state index in [4.69, 9.17) is 0 Å². The standard InChI is InChI=1S/C14H18F3N3O4S2/c1-19(26(23,24)12-5-3-7-25-12)8-11(21)20-6-2-4-10(20)13(22)18-9-14(15,16)17/h3,5,7,10H,2,4,6,8-9H2,1H3,(H,18,22). The van der Waals surface area contributed by atoms with Gasteiger partial charge < -0.3 is 10.2 Å². The molecule has 1 aromatic heterocycles. The van der Waals surface area contributed by atoms with Gasteiger partial charge in [-0.1, -0.05) is 6.07 Å². The summed E-state index contributed by atoms with van der Waals surface area (Å²) >= 11 is 1.01. The van der Waals surface area contributed by atoms with Gasteiger partial charge in [-0.25, -0.2) is 8.42 Å². The van der Waals surface area contributed by atoms with E-state index in [0.29, 0.717) is 6.42 Å². The van der Waals surface area contributed by atoms with Gasteiger partial charge in [-0.2, -0.15) is 17.5 Å². The smallest absolute Gasteiger partial charge is 0.345 e. The van der Waals surface area contributed by atoms with E-state index in [2.05, 4.69) is 0 Å². The van der Waals surface area contributed by atoms with Gasteiger partial charge in [0, 0.05) is 13.6 Å². The van der Waals surface area contributed by atoms with E-state index in [-0.39, 0.29) is 17.2 Å². The summed E-state index contributed by atoms with van der Waals surface area (Å²) in [6.45, 7) is -1.78. The van der Waals surface area contributed by atoms with Crippen LogP contribution in [0.1, 0.15) is 12.8 Å². The van der Waals surface area contributed by atoms with Crippen LogP contribution in [-0.4, -0.2) is 68.3 Å². The van der Waals surface area contributed by atoms with Crippen molar-refractivity contribution in [1.82, 2.24) is 14.5 Å². The molecule has 1 atom stereocenters. The number of hydrogen-bond acceptors (Lipinski definition) is 5. The lowest BCUT2D eigenvalue weighted by Crippen LogP contribution is -2.50. The van der Waals surface area contributed by atoms with Crippen LogP contribution in [-0.2, 0) is 19.6 Å². The Kier molecular flexibility index (Phi) is 6.29. The predicted octanol–water partition coefficient (Wildman–Crippen LogP) is 1.04. The lowest BCUT2D eigenvalue weighted by molar-refractivity contribution is -0.144. The van der Waals surface area contributed by atoms with E-state index in [1.54, 1.807) is 16.8 Å². The molecule has 0 saturated carbocycles. The summed E-state index contributed by atoms with van der Waals surface area (Å²) in [5, 5.41) is 3.35. The van der Waals surface area contributed by atoms with E-state index >= 15 is 0 Å². The maximum absolute atomic E-state index is 12.4. The third kappa shape index (κ3) is 4.95. The Hall–Kier alpha value is -1.66. The van der Waals surface area contributed by atoms with E-state index in [1.807, 2.05) is 0 Å². The highest BCUT2D eigenvalue weighted by atomic mass is 32.2. The Morgan fingerprint density at radius 1 is 1.42 bits per heavy atom. The minimum atomic E-state index is -4.54. The molecule has 1 fully saturated rings. The summed E-state index contributed by atoms with van der Waals surface area (Å²) in [6.07, 6.45) is -3.86. The first-order valence-electron chi connectivity index (χ1n) is 7.66. The predicted molar refractivity (Wildman–Crippen MR) is 87.9 cm³/mol. The second-order valence-corrected chi connectivity index (χ2v) is 8.99. The molecule has 7 nitrogen and oxygen atoms in total. The van der Waals surface area contributed by atoms with E-state index in [1.165, 1.54) is 13.1 Å². The van der Waals surface area contributed by atoms with Gasteiger partial charge in [0.25, 0.3) is 10.0 Å². The maximum atomic E-state index is 12.4. The van der Waals surface area contributed by atoms with Crippen molar-refractivity contribution in [3.05, 3.63) is 17.5 Å². The van der Waals surface area contributed by atoms with Gasteiger partial charge in [-0.05, 0) is 24.3 Å². The highest BCUT2D eigenvalue weighted by molar-refractivity contribution is 7.91. The number of hydrogen-bond donors (Lipinski definition) is 1. The molecule has 0 bridgehead atoms. The van der Waals surface area contributed by atoms with Crippen molar-refractivity contribution in [2.24, 2.45) is 0 Å². The first-order chi connectivity index (χ1) is 12.0. The van der Waals surface area contributed by atoms with Gasteiger partial charge in [0.15, 0.2) is 0 Å². The molecule has 1 aliphatic heterocycles. The largest absolute Gasteiger partial charge is 0.405 e. The minimum absolute atomic E-state index is 0.0775. The number of sulfonamides is 1. The molecule has 12 heteroatoms. The highest BCUT2D eigenvalue weighted by Crippen LogP contribution is 2.22. The summed E-state index contributed by atoms with van der Waals surface area (Å²) in [5.41, 5.74) is 0. The number of likely N-dealkylation sites (N-methyl/N-ethyl adjacent to an activating group) is 1. The number of amides is 2. The van der Waals surface area contributed by atoms with Crippen LogP contribution < -0.4 is 5.32 Å². The number of thiophene rings is 1. The zero-order valence-corrected chi connectivity index (χ0v) is 15.5. The van der Waals surface area contributed by atoms with Crippen LogP contribution in [0.4, 0.5) is 13.2 Å². The fourth-order valence-corrected chi connectivity index (χ4v) is 4.89. The molecule has 0 radical (unpaired) electrons. The first kappa shape index (κ1) is 20.6. The average Bonchev–Trinajstić information content (AvgIpc) is 3.22. The Balaban J connectivity index is 2.00. The van der Waals surface area contributed by atoms with Gasteiger partial charge in [0.2, 0.25) is 11.8 Å². The minimum Gasteiger partial charge on any atom is -0.345 e. The van der Waals surface area contributed by atoms with Gasteiger partial charge in [0.1, 0.15) is 16.8 Å². The molecule has 1 aromatic rings. The van der Waals surface area contributed by atoms with E-state index < -0.39 is 47.1 Å². The van der Waals surface area contributed by atoms with Gasteiger partial charge >= 0.3 is 6.18 Å².